The molecule has 124 valence electrons. The Morgan fingerprint density at radius 1 is 1.13 bits per heavy atom. The van der Waals surface area contributed by atoms with Crippen LogP contribution in [0, 0.1) is 11.3 Å². The molecule has 3 aliphatic rings. The number of carbonyl (C=O) groups excluding carboxylic acids is 3. The van der Waals surface area contributed by atoms with Crippen LogP contribution in [0.2, 0.25) is 0 Å². The molecule has 0 aromatic rings. The second-order valence-electron chi connectivity index (χ2n) is 7.33. The fourth-order valence-electron chi connectivity index (χ4n) is 3.83. The minimum atomic E-state index is -0.502. The maximum absolute atomic E-state index is 12.7. The van der Waals surface area contributed by atoms with E-state index in [4.69, 9.17) is 9.47 Å². The van der Waals surface area contributed by atoms with E-state index in [1.165, 1.54) is 7.11 Å². The summed E-state index contributed by atoms with van der Waals surface area (Å²) in [6.07, 6.45) is 2.96. The number of ketones is 2. The van der Waals surface area contributed by atoms with E-state index in [9.17, 15) is 14.4 Å². The van der Waals surface area contributed by atoms with E-state index in [1.807, 2.05) is 13.8 Å². The molecule has 0 amide bonds. The van der Waals surface area contributed by atoms with Crippen molar-refractivity contribution in [3.8, 4) is 0 Å². The van der Waals surface area contributed by atoms with Crippen molar-refractivity contribution in [1.82, 2.24) is 0 Å². The Hall–Kier alpha value is -1.91. The third-order valence-corrected chi connectivity index (χ3v) is 4.83. The Bertz CT molecular complexity index is 650. The van der Waals surface area contributed by atoms with Crippen LogP contribution in [0.1, 0.15) is 52.4 Å². The first kappa shape index (κ1) is 16.0. The lowest BCUT2D eigenvalue weighted by Gasteiger charge is -2.39. The monoisotopic (exact) mass is 318 g/mol. The number of carbonyl (C=O) groups is 3. The molecule has 0 fully saturated rings. The summed E-state index contributed by atoms with van der Waals surface area (Å²) >= 11 is 0. The summed E-state index contributed by atoms with van der Waals surface area (Å²) in [5.41, 5.74) is 0.875. The molecule has 1 atom stereocenters. The largest absolute Gasteiger partial charge is 0.469 e. The third-order valence-electron chi connectivity index (χ3n) is 4.83. The number of ether oxygens (including phenoxy) is 2. The van der Waals surface area contributed by atoms with Crippen LogP contribution in [-0.2, 0) is 23.9 Å². The molecule has 0 spiro atoms. The first-order valence-corrected chi connectivity index (χ1v) is 8.09. The molecule has 0 radical (unpaired) electrons. The molecule has 0 bridgehead atoms. The molecule has 1 heterocycles. The minimum Gasteiger partial charge on any atom is -0.469 e. The lowest BCUT2D eigenvalue weighted by molar-refractivity contribution is -0.141. The van der Waals surface area contributed by atoms with Gasteiger partial charge in [0, 0.05) is 42.7 Å². The van der Waals surface area contributed by atoms with Gasteiger partial charge in [0.15, 0.2) is 11.6 Å². The average Bonchev–Trinajstić information content (AvgIpc) is 2.44. The highest BCUT2D eigenvalue weighted by molar-refractivity contribution is 6.05. The van der Waals surface area contributed by atoms with Crippen molar-refractivity contribution in [2.45, 2.75) is 52.4 Å². The summed E-state index contributed by atoms with van der Waals surface area (Å²) in [5.74, 6) is 0.358. The van der Waals surface area contributed by atoms with Crippen LogP contribution in [0.3, 0.4) is 0 Å². The van der Waals surface area contributed by atoms with Gasteiger partial charge in [0.2, 0.25) is 0 Å². The summed E-state index contributed by atoms with van der Waals surface area (Å²) in [6, 6.07) is 0. The zero-order chi connectivity index (χ0) is 16.8. The van der Waals surface area contributed by atoms with Crippen LogP contribution in [0.4, 0.5) is 0 Å². The van der Waals surface area contributed by atoms with Gasteiger partial charge in [-0.3, -0.25) is 14.4 Å². The Labute approximate surface area is 135 Å². The Balaban J connectivity index is 2.06. The zero-order valence-electron chi connectivity index (χ0n) is 13.9. The van der Waals surface area contributed by atoms with Gasteiger partial charge in [0.25, 0.3) is 0 Å². The molecule has 3 rings (SSSR count). The molecule has 0 aromatic carbocycles. The molecular weight excluding hydrogens is 296 g/mol. The van der Waals surface area contributed by atoms with E-state index in [0.717, 1.165) is 6.42 Å². The predicted molar refractivity (Wildman–Crippen MR) is 82.1 cm³/mol. The van der Waals surface area contributed by atoms with E-state index < -0.39 is 11.9 Å². The fraction of sp³-hybridized carbons (Fsp3) is 0.611. The van der Waals surface area contributed by atoms with Gasteiger partial charge in [0.1, 0.15) is 11.5 Å². The Morgan fingerprint density at radius 2 is 1.83 bits per heavy atom. The van der Waals surface area contributed by atoms with Crippen LogP contribution in [0.5, 0.6) is 0 Å². The second kappa shape index (κ2) is 5.62. The number of allylic oxidation sites excluding steroid dienone is 4. The minimum absolute atomic E-state index is 0.00987. The standard InChI is InChI=1S/C18H22O5/c1-18(2)8-12(20)17-10(7-15(21)22-3)16-11(19)5-4-6-13(16)23-14(17)9-18/h10H,4-9H2,1-3H3/t10-/m0/s1. The van der Waals surface area contributed by atoms with Crippen LogP contribution in [0.25, 0.3) is 0 Å². The first-order valence-electron chi connectivity index (χ1n) is 8.09. The molecule has 5 heteroatoms. The maximum atomic E-state index is 12.7. The van der Waals surface area contributed by atoms with Gasteiger partial charge < -0.3 is 9.47 Å². The maximum Gasteiger partial charge on any atom is 0.306 e. The summed E-state index contributed by atoms with van der Waals surface area (Å²) in [6.45, 7) is 4.06. The van der Waals surface area contributed by atoms with Crippen LogP contribution < -0.4 is 0 Å². The first-order chi connectivity index (χ1) is 10.8. The van der Waals surface area contributed by atoms with Gasteiger partial charge >= 0.3 is 5.97 Å². The summed E-state index contributed by atoms with van der Waals surface area (Å²) in [4.78, 5) is 36.9. The summed E-state index contributed by atoms with van der Waals surface area (Å²) in [5, 5.41) is 0. The van der Waals surface area contributed by atoms with Crippen molar-refractivity contribution >= 4 is 17.5 Å². The normalized spacial score (nSPS) is 26.5. The van der Waals surface area contributed by atoms with Crippen molar-refractivity contribution in [2.24, 2.45) is 11.3 Å². The lowest BCUT2D eigenvalue weighted by atomic mass is 9.69. The molecule has 1 aliphatic heterocycles. The highest BCUT2D eigenvalue weighted by atomic mass is 16.5. The molecule has 5 nitrogen and oxygen atoms in total. The number of Topliss-reactive ketones (excluding diaryl/α,β-unsaturated/α-hetero) is 2. The number of esters is 1. The highest BCUT2D eigenvalue weighted by Crippen LogP contribution is 2.48. The Kier molecular flexibility index (Phi) is 3.90. The topological polar surface area (TPSA) is 69.7 Å². The van der Waals surface area contributed by atoms with Gasteiger partial charge in [-0.25, -0.2) is 0 Å². The molecule has 0 saturated carbocycles. The Morgan fingerprint density at radius 3 is 2.52 bits per heavy atom. The number of methoxy groups -OCH3 is 1. The third kappa shape index (κ3) is 2.84. The quantitative estimate of drug-likeness (QED) is 0.732. The molecule has 0 aromatic heterocycles. The molecule has 23 heavy (non-hydrogen) atoms. The molecule has 0 unspecified atom stereocenters. The van der Waals surface area contributed by atoms with E-state index >= 15 is 0 Å². The molecule has 2 aliphatic carbocycles. The van der Waals surface area contributed by atoms with Gasteiger partial charge in [-0.1, -0.05) is 13.8 Å². The highest BCUT2D eigenvalue weighted by Gasteiger charge is 2.45. The number of hydrogen-bond donors (Lipinski definition) is 0. The number of hydrogen-bond acceptors (Lipinski definition) is 5. The molecule has 0 saturated heterocycles. The number of rotatable bonds is 2. The van der Waals surface area contributed by atoms with Crippen molar-refractivity contribution in [1.29, 1.82) is 0 Å². The van der Waals surface area contributed by atoms with Crippen LogP contribution in [0.15, 0.2) is 22.7 Å². The fourth-order valence-corrected chi connectivity index (χ4v) is 3.83. The predicted octanol–water partition coefficient (Wildman–Crippen LogP) is 2.85. The lowest BCUT2D eigenvalue weighted by Crippen LogP contribution is -2.36. The van der Waals surface area contributed by atoms with Gasteiger partial charge in [-0.2, -0.15) is 0 Å². The van der Waals surface area contributed by atoms with E-state index in [1.54, 1.807) is 0 Å². The summed E-state index contributed by atoms with van der Waals surface area (Å²) < 4.78 is 10.8. The molecule has 0 N–H and O–H groups in total. The van der Waals surface area contributed by atoms with E-state index in [2.05, 4.69) is 0 Å². The van der Waals surface area contributed by atoms with Gasteiger partial charge in [-0.15, -0.1) is 0 Å². The van der Waals surface area contributed by atoms with Crippen LogP contribution in [-0.4, -0.2) is 24.6 Å². The van der Waals surface area contributed by atoms with Crippen molar-refractivity contribution < 1.29 is 23.9 Å². The zero-order valence-corrected chi connectivity index (χ0v) is 13.9. The van der Waals surface area contributed by atoms with Crippen LogP contribution >= 0.6 is 0 Å². The van der Waals surface area contributed by atoms with E-state index in [0.29, 0.717) is 48.3 Å². The second-order valence-corrected chi connectivity index (χ2v) is 7.33. The van der Waals surface area contributed by atoms with Crippen molar-refractivity contribution in [2.75, 3.05) is 7.11 Å². The summed E-state index contributed by atoms with van der Waals surface area (Å²) in [7, 11) is 1.32. The smallest absolute Gasteiger partial charge is 0.306 e. The van der Waals surface area contributed by atoms with Gasteiger partial charge in [-0.05, 0) is 11.8 Å². The van der Waals surface area contributed by atoms with Crippen molar-refractivity contribution in [3.05, 3.63) is 22.7 Å². The van der Waals surface area contributed by atoms with Gasteiger partial charge in [0.05, 0.1) is 13.5 Å². The van der Waals surface area contributed by atoms with Crippen molar-refractivity contribution in [3.63, 3.8) is 0 Å². The molecular formula is C18H22O5. The SMILES string of the molecule is COC(=O)C[C@H]1C2=C(CCCC2=O)OC2=C1C(=O)CC(C)(C)C2. The average molecular weight is 318 g/mol. The van der Waals surface area contributed by atoms with E-state index in [-0.39, 0.29) is 23.4 Å².